The van der Waals surface area contributed by atoms with Crippen LogP contribution in [0.2, 0.25) is 0 Å². The molecule has 0 saturated carbocycles. The molecule has 1 aliphatic heterocycles. The second kappa shape index (κ2) is 8.05. The summed E-state index contributed by atoms with van der Waals surface area (Å²) in [4.78, 5) is 2.39. The van der Waals surface area contributed by atoms with Gasteiger partial charge in [-0.25, -0.2) is 0 Å². The quantitative estimate of drug-likeness (QED) is 0.587. The molecule has 90 valence electrons. The van der Waals surface area contributed by atoms with Gasteiger partial charge in [0.25, 0.3) is 0 Å². The lowest BCUT2D eigenvalue weighted by molar-refractivity contribution is 0.0717. The molecular weight excluding hydrogens is 192 g/mol. The fraction of sp³-hybridized carbons (Fsp3) is 1.00. The minimum Gasteiger partial charge on any atom is -0.382 e. The molecule has 1 atom stereocenters. The molecule has 0 aliphatic carbocycles. The fourth-order valence-electron chi connectivity index (χ4n) is 1.89. The standard InChI is InChI=1S/C11H24N2O2/c1-13-5-3-11(10-13)9-12-4-6-15-8-7-14-2/h11-12H,3-10H2,1-2H3. The molecule has 0 bridgehead atoms. The monoisotopic (exact) mass is 216 g/mol. The number of nitrogens with zero attached hydrogens (tertiary/aromatic N) is 1. The highest BCUT2D eigenvalue weighted by molar-refractivity contribution is 4.74. The Morgan fingerprint density at radius 3 is 2.87 bits per heavy atom. The molecule has 1 heterocycles. The van der Waals surface area contributed by atoms with Crippen LogP contribution in [-0.2, 0) is 9.47 Å². The van der Waals surface area contributed by atoms with E-state index in [2.05, 4.69) is 17.3 Å². The summed E-state index contributed by atoms with van der Waals surface area (Å²) >= 11 is 0. The summed E-state index contributed by atoms with van der Waals surface area (Å²) in [6.07, 6.45) is 1.33. The molecular formula is C11H24N2O2. The first-order valence-corrected chi connectivity index (χ1v) is 5.79. The minimum atomic E-state index is 0.688. The van der Waals surface area contributed by atoms with Crippen molar-refractivity contribution in [2.75, 3.05) is 60.2 Å². The van der Waals surface area contributed by atoms with Crippen LogP contribution in [0.5, 0.6) is 0 Å². The molecule has 4 nitrogen and oxygen atoms in total. The Kier molecular flexibility index (Phi) is 6.92. The molecule has 15 heavy (non-hydrogen) atoms. The van der Waals surface area contributed by atoms with E-state index in [4.69, 9.17) is 9.47 Å². The second-order valence-electron chi connectivity index (χ2n) is 4.23. The zero-order valence-electron chi connectivity index (χ0n) is 10.00. The molecule has 4 heteroatoms. The summed E-state index contributed by atoms with van der Waals surface area (Å²) in [6, 6.07) is 0. The van der Waals surface area contributed by atoms with Crippen molar-refractivity contribution < 1.29 is 9.47 Å². The zero-order chi connectivity index (χ0) is 10.9. The molecule has 1 N–H and O–H groups in total. The van der Waals surface area contributed by atoms with Gasteiger partial charge in [0.15, 0.2) is 0 Å². The zero-order valence-corrected chi connectivity index (χ0v) is 10.00. The van der Waals surface area contributed by atoms with Crippen LogP contribution < -0.4 is 5.32 Å². The fourth-order valence-corrected chi connectivity index (χ4v) is 1.89. The third-order valence-electron chi connectivity index (χ3n) is 2.78. The largest absolute Gasteiger partial charge is 0.382 e. The van der Waals surface area contributed by atoms with E-state index in [1.165, 1.54) is 19.5 Å². The van der Waals surface area contributed by atoms with Gasteiger partial charge in [0.05, 0.1) is 19.8 Å². The van der Waals surface area contributed by atoms with Gasteiger partial charge in [-0.05, 0) is 32.5 Å². The van der Waals surface area contributed by atoms with Crippen LogP contribution in [0.4, 0.5) is 0 Å². The van der Waals surface area contributed by atoms with Gasteiger partial charge >= 0.3 is 0 Å². The van der Waals surface area contributed by atoms with E-state index in [-0.39, 0.29) is 0 Å². The highest BCUT2D eigenvalue weighted by Gasteiger charge is 2.18. The molecule has 1 unspecified atom stereocenters. The average molecular weight is 216 g/mol. The van der Waals surface area contributed by atoms with Crippen LogP contribution in [0.15, 0.2) is 0 Å². The Hall–Kier alpha value is -0.160. The topological polar surface area (TPSA) is 33.7 Å². The summed E-state index contributed by atoms with van der Waals surface area (Å²) in [5.74, 6) is 0.828. The Morgan fingerprint density at radius 1 is 1.33 bits per heavy atom. The number of ether oxygens (including phenoxy) is 2. The first kappa shape index (κ1) is 12.9. The third kappa shape index (κ3) is 6.10. The van der Waals surface area contributed by atoms with E-state index in [1.807, 2.05) is 0 Å². The van der Waals surface area contributed by atoms with Gasteiger partial charge in [-0.2, -0.15) is 0 Å². The molecule has 1 fully saturated rings. The molecule has 0 amide bonds. The van der Waals surface area contributed by atoms with Crippen molar-refractivity contribution in [2.45, 2.75) is 6.42 Å². The predicted octanol–water partition coefficient (Wildman–Crippen LogP) is 0.191. The maximum absolute atomic E-state index is 5.36. The Balaban J connectivity index is 1.81. The molecule has 0 radical (unpaired) electrons. The predicted molar refractivity (Wildman–Crippen MR) is 61.2 cm³/mol. The minimum absolute atomic E-state index is 0.688. The smallest absolute Gasteiger partial charge is 0.0700 e. The normalized spacial score (nSPS) is 22.4. The molecule has 0 aromatic heterocycles. The number of rotatable bonds is 8. The van der Waals surface area contributed by atoms with Crippen LogP contribution in [0.25, 0.3) is 0 Å². The van der Waals surface area contributed by atoms with Gasteiger partial charge in [0.1, 0.15) is 0 Å². The van der Waals surface area contributed by atoms with Crippen molar-refractivity contribution in [3.63, 3.8) is 0 Å². The van der Waals surface area contributed by atoms with E-state index < -0.39 is 0 Å². The maximum Gasteiger partial charge on any atom is 0.0700 e. The number of methoxy groups -OCH3 is 1. The number of hydrogen-bond donors (Lipinski definition) is 1. The SMILES string of the molecule is COCCOCCNCC1CCN(C)C1. The average Bonchev–Trinajstić information content (AvgIpc) is 2.63. The third-order valence-corrected chi connectivity index (χ3v) is 2.78. The van der Waals surface area contributed by atoms with E-state index in [1.54, 1.807) is 7.11 Å². The van der Waals surface area contributed by atoms with Crippen LogP contribution in [-0.4, -0.2) is 65.1 Å². The first-order valence-electron chi connectivity index (χ1n) is 5.79. The molecule has 1 aliphatic rings. The maximum atomic E-state index is 5.36. The summed E-state index contributed by atoms with van der Waals surface area (Å²) in [5, 5.41) is 3.43. The highest BCUT2D eigenvalue weighted by Crippen LogP contribution is 2.12. The number of hydrogen-bond acceptors (Lipinski definition) is 4. The molecule has 1 saturated heterocycles. The Bertz CT molecular complexity index is 156. The second-order valence-corrected chi connectivity index (χ2v) is 4.23. The lowest BCUT2D eigenvalue weighted by Crippen LogP contribution is -2.28. The first-order chi connectivity index (χ1) is 7.33. The lowest BCUT2D eigenvalue weighted by atomic mass is 10.1. The van der Waals surface area contributed by atoms with Gasteiger partial charge in [0.2, 0.25) is 0 Å². The van der Waals surface area contributed by atoms with Crippen LogP contribution in [0, 0.1) is 5.92 Å². The Morgan fingerprint density at radius 2 is 2.20 bits per heavy atom. The van der Waals surface area contributed by atoms with Crippen molar-refractivity contribution >= 4 is 0 Å². The van der Waals surface area contributed by atoms with Crippen molar-refractivity contribution in [3.8, 4) is 0 Å². The summed E-state index contributed by atoms with van der Waals surface area (Å²) in [6.45, 7) is 6.72. The van der Waals surface area contributed by atoms with Crippen LogP contribution >= 0.6 is 0 Å². The molecule has 1 rings (SSSR count). The molecule has 0 aromatic rings. The van der Waals surface area contributed by atoms with Gasteiger partial charge in [0, 0.05) is 20.2 Å². The van der Waals surface area contributed by atoms with Crippen molar-refractivity contribution in [2.24, 2.45) is 5.92 Å². The van der Waals surface area contributed by atoms with Gasteiger partial charge in [-0.1, -0.05) is 0 Å². The number of likely N-dealkylation sites (tertiary alicyclic amines) is 1. The summed E-state index contributed by atoms with van der Waals surface area (Å²) in [5.41, 5.74) is 0. The number of nitrogens with one attached hydrogen (secondary N) is 1. The van der Waals surface area contributed by atoms with E-state index in [0.29, 0.717) is 13.2 Å². The van der Waals surface area contributed by atoms with Crippen molar-refractivity contribution in [3.05, 3.63) is 0 Å². The molecule has 0 aromatic carbocycles. The van der Waals surface area contributed by atoms with E-state index >= 15 is 0 Å². The van der Waals surface area contributed by atoms with E-state index in [0.717, 1.165) is 25.6 Å². The molecule has 0 spiro atoms. The summed E-state index contributed by atoms with van der Waals surface area (Å²) in [7, 11) is 3.88. The lowest BCUT2D eigenvalue weighted by Gasteiger charge is -2.11. The van der Waals surface area contributed by atoms with Gasteiger partial charge < -0.3 is 19.7 Å². The Labute approximate surface area is 92.9 Å². The highest BCUT2D eigenvalue weighted by atomic mass is 16.5. The van der Waals surface area contributed by atoms with Crippen LogP contribution in [0.1, 0.15) is 6.42 Å². The van der Waals surface area contributed by atoms with Gasteiger partial charge in [-0.15, -0.1) is 0 Å². The van der Waals surface area contributed by atoms with Crippen LogP contribution in [0.3, 0.4) is 0 Å². The van der Waals surface area contributed by atoms with E-state index in [9.17, 15) is 0 Å². The van der Waals surface area contributed by atoms with Crippen molar-refractivity contribution in [1.82, 2.24) is 10.2 Å². The summed E-state index contributed by atoms with van der Waals surface area (Å²) < 4.78 is 10.3. The van der Waals surface area contributed by atoms with Crippen molar-refractivity contribution in [1.29, 1.82) is 0 Å². The van der Waals surface area contributed by atoms with Gasteiger partial charge in [-0.3, -0.25) is 0 Å².